The SMILES string of the molecule is CNc1nnc(SCC(=O)NCCc2ccccc2F)s1. The van der Waals surface area contributed by atoms with Crippen molar-refractivity contribution in [2.75, 3.05) is 24.7 Å². The Morgan fingerprint density at radius 2 is 2.19 bits per heavy atom. The average Bonchev–Trinajstić information content (AvgIpc) is 2.95. The maximum Gasteiger partial charge on any atom is 0.230 e. The van der Waals surface area contributed by atoms with Crippen LogP contribution < -0.4 is 10.6 Å². The molecule has 1 heterocycles. The van der Waals surface area contributed by atoms with E-state index in [1.807, 2.05) is 0 Å². The highest BCUT2D eigenvalue weighted by molar-refractivity contribution is 8.01. The number of anilines is 1. The smallest absolute Gasteiger partial charge is 0.230 e. The minimum absolute atomic E-state index is 0.0995. The average molecular weight is 326 g/mol. The number of aromatic nitrogens is 2. The number of nitrogens with zero attached hydrogens (tertiary/aromatic N) is 2. The molecule has 21 heavy (non-hydrogen) atoms. The van der Waals surface area contributed by atoms with E-state index in [0.29, 0.717) is 18.5 Å². The molecular weight excluding hydrogens is 311 g/mol. The molecule has 0 fully saturated rings. The van der Waals surface area contributed by atoms with Gasteiger partial charge in [0.25, 0.3) is 0 Å². The van der Waals surface area contributed by atoms with Gasteiger partial charge < -0.3 is 10.6 Å². The Kier molecular flexibility index (Phi) is 5.94. The first-order valence-corrected chi connectivity index (χ1v) is 8.13. The van der Waals surface area contributed by atoms with Crippen molar-refractivity contribution < 1.29 is 9.18 Å². The highest BCUT2D eigenvalue weighted by Crippen LogP contribution is 2.24. The summed E-state index contributed by atoms with van der Waals surface area (Å²) in [4.78, 5) is 11.7. The van der Waals surface area contributed by atoms with Gasteiger partial charge >= 0.3 is 0 Å². The van der Waals surface area contributed by atoms with E-state index >= 15 is 0 Å². The lowest BCUT2D eigenvalue weighted by Crippen LogP contribution is -2.27. The van der Waals surface area contributed by atoms with E-state index in [0.717, 1.165) is 9.47 Å². The third kappa shape index (κ3) is 4.98. The standard InChI is InChI=1S/C13H15FN4OS2/c1-15-12-17-18-13(21-12)20-8-11(19)16-7-6-9-4-2-3-5-10(9)14/h2-5H,6-8H2,1H3,(H,15,17)(H,16,19). The van der Waals surface area contributed by atoms with Gasteiger partial charge in [-0.1, -0.05) is 41.3 Å². The number of carbonyl (C=O) groups excluding carboxylic acids is 1. The Balaban J connectivity index is 1.69. The van der Waals surface area contributed by atoms with Gasteiger partial charge in [0, 0.05) is 13.6 Å². The second-order valence-electron chi connectivity index (χ2n) is 4.10. The molecule has 1 aromatic heterocycles. The van der Waals surface area contributed by atoms with E-state index in [1.165, 1.54) is 29.2 Å². The van der Waals surface area contributed by atoms with Crippen molar-refractivity contribution in [3.8, 4) is 0 Å². The van der Waals surface area contributed by atoms with E-state index < -0.39 is 0 Å². The summed E-state index contributed by atoms with van der Waals surface area (Å²) in [5, 5.41) is 14.2. The lowest BCUT2D eigenvalue weighted by atomic mass is 10.1. The number of rotatable bonds is 7. The molecule has 2 rings (SSSR count). The van der Waals surface area contributed by atoms with Crippen LogP contribution in [0.15, 0.2) is 28.6 Å². The fourth-order valence-corrected chi connectivity index (χ4v) is 3.12. The normalized spacial score (nSPS) is 10.4. The molecule has 5 nitrogen and oxygen atoms in total. The summed E-state index contributed by atoms with van der Waals surface area (Å²) in [5.74, 6) is -0.0672. The zero-order valence-corrected chi connectivity index (χ0v) is 13.1. The molecule has 0 bridgehead atoms. The Morgan fingerprint density at radius 1 is 1.38 bits per heavy atom. The van der Waals surface area contributed by atoms with Crippen LogP contribution >= 0.6 is 23.1 Å². The van der Waals surface area contributed by atoms with Gasteiger partial charge in [-0.2, -0.15) is 0 Å². The largest absolute Gasteiger partial charge is 0.363 e. The molecule has 0 unspecified atom stereocenters. The zero-order chi connectivity index (χ0) is 15.1. The highest BCUT2D eigenvalue weighted by Gasteiger charge is 2.07. The number of benzene rings is 1. The van der Waals surface area contributed by atoms with Crippen LogP contribution in [0.25, 0.3) is 0 Å². The number of hydrogen-bond donors (Lipinski definition) is 2. The first-order chi connectivity index (χ1) is 10.2. The van der Waals surface area contributed by atoms with Gasteiger partial charge in [0.1, 0.15) is 5.82 Å². The molecule has 0 saturated heterocycles. The van der Waals surface area contributed by atoms with Crippen LogP contribution in [0.5, 0.6) is 0 Å². The van der Waals surface area contributed by atoms with Gasteiger partial charge in [-0.25, -0.2) is 4.39 Å². The molecule has 1 amide bonds. The Labute approximate surface area is 130 Å². The van der Waals surface area contributed by atoms with Gasteiger partial charge in [0.15, 0.2) is 4.34 Å². The lowest BCUT2D eigenvalue weighted by molar-refractivity contribution is -0.118. The first-order valence-electron chi connectivity index (χ1n) is 6.33. The molecule has 112 valence electrons. The summed E-state index contributed by atoms with van der Waals surface area (Å²) < 4.78 is 14.1. The monoisotopic (exact) mass is 326 g/mol. The Bertz CT molecular complexity index is 605. The third-order valence-corrected chi connectivity index (χ3v) is 4.70. The van der Waals surface area contributed by atoms with Crippen molar-refractivity contribution in [2.24, 2.45) is 0 Å². The van der Waals surface area contributed by atoms with Crippen LogP contribution in [0.4, 0.5) is 9.52 Å². The van der Waals surface area contributed by atoms with Gasteiger partial charge in [-0.05, 0) is 18.1 Å². The maximum atomic E-state index is 13.4. The fourth-order valence-electron chi connectivity index (χ4n) is 1.59. The molecule has 0 saturated carbocycles. The predicted molar refractivity (Wildman–Crippen MR) is 83.3 cm³/mol. The van der Waals surface area contributed by atoms with E-state index in [1.54, 1.807) is 25.2 Å². The maximum absolute atomic E-state index is 13.4. The van der Waals surface area contributed by atoms with Crippen molar-refractivity contribution in [2.45, 2.75) is 10.8 Å². The molecular formula is C13H15FN4OS2. The summed E-state index contributed by atoms with van der Waals surface area (Å²) in [7, 11) is 1.77. The lowest BCUT2D eigenvalue weighted by Gasteiger charge is -2.05. The molecule has 0 aliphatic heterocycles. The van der Waals surface area contributed by atoms with Crippen molar-refractivity contribution >= 4 is 34.1 Å². The van der Waals surface area contributed by atoms with Crippen molar-refractivity contribution in [1.29, 1.82) is 0 Å². The fraction of sp³-hybridized carbons (Fsp3) is 0.308. The molecule has 1 aromatic carbocycles. The van der Waals surface area contributed by atoms with Crippen molar-refractivity contribution in [1.82, 2.24) is 15.5 Å². The summed E-state index contributed by atoms with van der Waals surface area (Å²) in [6.45, 7) is 0.415. The Morgan fingerprint density at radius 3 is 2.90 bits per heavy atom. The van der Waals surface area contributed by atoms with Crippen molar-refractivity contribution in [3.63, 3.8) is 0 Å². The number of amides is 1. The number of halogens is 1. The number of carbonyl (C=O) groups is 1. The minimum Gasteiger partial charge on any atom is -0.363 e. The van der Waals surface area contributed by atoms with Gasteiger partial charge in [-0.15, -0.1) is 10.2 Å². The third-order valence-electron chi connectivity index (χ3n) is 2.62. The molecule has 2 aromatic rings. The molecule has 2 N–H and O–H groups in total. The molecule has 0 spiro atoms. The molecule has 0 aliphatic carbocycles. The minimum atomic E-state index is -0.241. The van der Waals surface area contributed by atoms with Crippen LogP contribution in [0, 0.1) is 5.82 Å². The summed E-state index contributed by atoms with van der Waals surface area (Å²) in [6.07, 6.45) is 0.478. The molecule has 0 aliphatic rings. The van der Waals surface area contributed by atoms with Crippen molar-refractivity contribution in [3.05, 3.63) is 35.6 Å². The van der Waals surface area contributed by atoms with E-state index in [-0.39, 0.29) is 17.5 Å². The summed E-state index contributed by atoms with van der Waals surface area (Å²) in [6, 6.07) is 6.57. The molecule has 0 radical (unpaired) electrons. The Hall–Kier alpha value is -1.67. The number of thioether (sulfide) groups is 1. The van der Waals surface area contributed by atoms with E-state index in [2.05, 4.69) is 20.8 Å². The van der Waals surface area contributed by atoms with E-state index in [9.17, 15) is 9.18 Å². The van der Waals surface area contributed by atoms with Crippen LogP contribution in [-0.4, -0.2) is 35.4 Å². The first kappa shape index (κ1) is 15.7. The van der Waals surface area contributed by atoms with Crippen LogP contribution in [0.1, 0.15) is 5.56 Å². The van der Waals surface area contributed by atoms with Crippen LogP contribution in [0.3, 0.4) is 0 Å². The highest BCUT2D eigenvalue weighted by atomic mass is 32.2. The predicted octanol–water partition coefficient (Wildman–Crippen LogP) is 2.17. The number of hydrogen-bond acceptors (Lipinski definition) is 6. The van der Waals surface area contributed by atoms with Crippen LogP contribution in [-0.2, 0) is 11.2 Å². The van der Waals surface area contributed by atoms with Crippen LogP contribution in [0.2, 0.25) is 0 Å². The van der Waals surface area contributed by atoms with Gasteiger partial charge in [0.05, 0.1) is 5.75 Å². The van der Waals surface area contributed by atoms with Gasteiger partial charge in [0.2, 0.25) is 11.0 Å². The zero-order valence-electron chi connectivity index (χ0n) is 11.4. The summed E-state index contributed by atoms with van der Waals surface area (Å²) >= 11 is 2.73. The topological polar surface area (TPSA) is 66.9 Å². The second kappa shape index (κ2) is 7.94. The number of nitrogens with one attached hydrogen (secondary N) is 2. The second-order valence-corrected chi connectivity index (χ2v) is 6.30. The molecule has 8 heteroatoms. The summed E-state index contributed by atoms with van der Waals surface area (Å²) in [5.41, 5.74) is 0.605. The quantitative estimate of drug-likeness (QED) is 0.763. The van der Waals surface area contributed by atoms with Gasteiger partial charge in [-0.3, -0.25) is 4.79 Å². The molecule has 0 atom stereocenters. The van der Waals surface area contributed by atoms with E-state index in [4.69, 9.17) is 0 Å².